The molecule has 1 heterocycles. The Labute approximate surface area is 175 Å². The van der Waals surface area contributed by atoms with E-state index in [1.165, 1.54) is 11.8 Å². The molecule has 0 unspecified atom stereocenters. The zero-order valence-electron chi connectivity index (χ0n) is 15.4. The predicted octanol–water partition coefficient (Wildman–Crippen LogP) is 5.29. The second-order valence-corrected chi connectivity index (χ2v) is 7.65. The van der Waals surface area contributed by atoms with Gasteiger partial charge in [-0.1, -0.05) is 59.6 Å². The van der Waals surface area contributed by atoms with Crippen LogP contribution in [0.1, 0.15) is 18.4 Å². The molecule has 2 aromatic carbocycles. The zero-order valence-corrected chi connectivity index (χ0v) is 16.9. The smallest absolute Gasteiger partial charge is 0.266 e. The molecule has 6 heteroatoms. The van der Waals surface area contributed by atoms with Crippen LogP contribution >= 0.6 is 23.2 Å². The van der Waals surface area contributed by atoms with Gasteiger partial charge in [0.25, 0.3) is 5.91 Å². The summed E-state index contributed by atoms with van der Waals surface area (Å²) in [6.07, 6.45) is 4.27. The Morgan fingerprint density at radius 3 is 2.36 bits per heavy atom. The molecule has 1 fully saturated rings. The molecule has 0 radical (unpaired) electrons. The SMILES string of the molecule is N#C/C(=C/Nc1c(Cl)cccc1Cl)C(=O)N1CCC(Cc2ccccc2)CC1. The minimum atomic E-state index is -0.267. The van der Waals surface area contributed by atoms with Gasteiger partial charge in [-0.3, -0.25) is 4.79 Å². The molecule has 0 bridgehead atoms. The van der Waals surface area contributed by atoms with Crippen molar-refractivity contribution in [3.8, 4) is 6.07 Å². The highest BCUT2D eigenvalue weighted by Crippen LogP contribution is 2.30. The third kappa shape index (κ3) is 5.07. The van der Waals surface area contributed by atoms with Crippen LogP contribution in [0.4, 0.5) is 5.69 Å². The largest absolute Gasteiger partial charge is 0.358 e. The number of carbonyl (C=O) groups is 1. The summed E-state index contributed by atoms with van der Waals surface area (Å²) in [5.74, 6) is 0.289. The molecule has 1 saturated heterocycles. The van der Waals surface area contributed by atoms with Crippen LogP contribution in [-0.4, -0.2) is 23.9 Å². The number of likely N-dealkylation sites (tertiary alicyclic amines) is 1. The fourth-order valence-corrected chi connectivity index (χ4v) is 3.89. The van der Waals surface area contributed by atoms with Gasteiger partial charge >= 0.3 is 0 Å². The molecule has 1 N–H and O–H groups in total. The summed E-state index contributed by atoms with van der Waals surface area (Å²) >= 11 is 12.2. The third-order valence-corrected chi connectivity index (χ3v) is 5.57. The van der Waals surface area contributed by atoms with Gasteiger partial charge in [0.1, 0.15) is 11.6 Å². The number of rotatable bonds is 5. The lowest BCUT2D eigenvalue weighted by Crippen LogP contribution is -2.39. The number of piperidine rings is 1. The summed E-state index contributed by atoms with van der Waals surface area (Å²) in [7, 11) is 0. The van der Waals surface area contributed by atoms with E-state index in [4.69, 9.17) is 23.2 Å². The number of nitrogens with zero attached hydrogens (tertiary/aromatic N) is 2. The molecule has 1 aliphatic heterocycles. The van der Waals surface area contributed by atoms with E-state index in [0.29, 0.717) is 34.7 Å². The van der Waals surface area contributed by atoms with Crippen molar-refractivity contribution >= 4 is 34.8 Å². The van der Waals surface area contributed by atoms with Crippen LogP contribution < -0.4 is 5.32 Å². The van der Waals surface area contributed by atoms with Gasteiger partial charge < -0.3 is 10.2 Å². The maximum absolute atomic E-state index is 12.7. The number of carbonyl (C=O) groups excluding carboxylic acids is 1. The highest BCUT2D eigenvalue weighted by Gasteiger charge is 2.25. The molecule has 0 aliphatic carbocycles. The number of nitriles is 1. The van der Waals surface area contributed by atoms with E-state index in [1.54, 1.807) is 23.1 Å². The van der Waals surface area contributed by atoms with Crippen LogP contribution in [-0.2, 0) is 11.2 Å². The van der Waals surface area contributed by atoms with Crippen LogP contribution in [0.25, 0.3) is 0 Å². The van der Waals surface area contributed by atoms with Crippen molar-refractivity contribution in [2.45, 2.75) is 19.3 Å². The third-order valence-electron chi connectivity index (χ3n) is 4.94. The number of benzene rings is 2. The van der Waals surface area contributed by atoms with Gasteiger partial charge in [0, 0.05) is 19.3 Å². The van der Waals surface area contributed by atoms with Crippen molar-refractivity contribution in [3.63, 3.8) is 0 Å². The second-order valence-electron chi connectivity index (χ2n) is 6.84. The molecular weight excluding hydrogens is 393 g/mol. The Balaban J connectivity index is 1.59. The summed E-state index contributed by atoms with van der Waals surface area (Å²) in [6, 6.07) is 17.5. The van der Waals surface area contributed by atoms with E-state index in [9.17, 15) is 10.1 Å². The minimum absolute atomic E-state index is 0.0393. The first kappa shape index (κ1) is 20.3. The minimum Gasteiger partial charge on any atom is -0.358 e. The first-order chi connectivity index (χ1) is 13.6. The van der Waals surface area contributed by atoms with Crippen molar-refractivity contribution in [1.29, 1.82) is 5.26 Å². The van der Waals surface area contributed by atoms with Gasteiger partial charge in [-0.05, 0) is 42.9 Å². The summed E-state index contributed by atoms with van der Waals surface area (Å²) in [5, 5.41) is 13.2. The lowest BCUT2D eigenvalue weighted by Gasteiger charge is -2.32. The summed E-state index contributed by atoms with van der Waals surface area (Å²) < 4.78 is 0. The molecular formula is C22H21Cl2N3O. The average molecular weight is 414 g/mol. The van der Waals surface area contributed by atoms with Gasteiger partial charge in [-0.2, -0.15) is 5.26 Å². The number of halogens is 2. The highest BCUT2D eigenvalue weighted by atomic mass is 35.5. The quantitative estimate of drug-likeness (QED) is 0.534. The number of amides is 1. The molecule has 4 nitrogen and oxygen atoms in total. The fraction of sp³-hybridized carbons (Fsp3) is 0.273. The predicted molar refractivity (Wildman–Crippen MR) is 113 cm³/mol. The maximum atomic E-state index is 12.7. The normalized spacial score (nSPS) is 15.2. The number of hydrogen-bond donors (Lipinski definition) is 1. The van der Waals surface area contributed by atoms with Crippen molar-refractivity contribution in [2.75, 3.05) is 18.4 Å². The summed E-state index contributed by atoms with van der Waals surface area (Å²) in [4.78, 5) is 14.5. The molecule has 0 aromatic heterocycles. The first-order valence-electron chi connectivity index (χ1n) is 9.22. The lowest BCUT2D eigenvalue weighted by atomic mass is 9.90. The lowest BCUT2D eigenvalue weighted by molar-refractivity contribution is -0.128. The number of para-hydroxylation sites is 1. The molecule has 3 rings (SSSR count). The van der Waals surface area contributed by atoms with E-state index >= 15 is 0 Å². The number of anilines is 1. The Bertz CT molecular complexity index is 877. The monoisotopic (exact) mass is 413 g/mol. The Morgan fingerprint density at radius 1 is 1.11 bits per heavy atom. The first-order valence-corrected chi connectivity index (χ1v) is 9.98. The fourth-order valence-electron chi connectivity index (χ4n) is 3.38. The Morgan fingerprint density at radius 2 is 1.75 bits per heavy atom. The molecule has 0 spiro atoms. The standard InChI is InChI=1S/C22H21Cl2N3O/c23-19-7-4-8-20(24)21(19)26-15-18(14-25)22(28)27-11-9-17(10-12-27)13-16-5-2-1-3-6-16/h1-8,15,17,26H,9-13H2/b18-15-. The van der Waals surface area contributed by atoms with E-state index < -0.39 is 0 Å². The highest BCUT2D eigenvalue weighted by molar-refractivity contribution is 6.39. The molecule has 144 valence electrons. The number of nitrogens with one attached hydrogen (secondary N) is 1. The van der Waals surface area contributed by atoms with E-state index in [0.717, 1.165) is 19.3 Å². The van der Waals surface area contributed by atoms with Crippen LogP contribution in [0.15, 0.2) is 60.3 Å². The molecule has 1 amide bonds. The van der Waals surface area contributed by atoms with Gasteiger partial charge in [0.2, 0.25) is 0 Å². The van der Waals surface area contributed by atoms with Gasteiger partial charge in [-0.25, -0.2) is 0 Å². The van der Waals surface area contributed by atoms with Crippen molar-refractivity contribution in [2.24, 2.45) is 5.92 Å². The van der Waals surface area contributed by atoms with Gasteiger partial charge in [-0.15, -0.1) is 0 Å². The molecule has 0 atom stereocenters. The summed E-state index contributed by atoms with van der Waals surface area (Å²) in [5.41, 5.74) is 1.84. The average Bonchev–Trinajstić information content (AvgIpc) is 2.71. The Kier molecular flexibility index (Phi) is 6.97. The van der Waals surface area contributed by atoms with Crippen LogP contribution in [0, 0.1) is 17.2 Å². The number of hydrogen-bond acceptors (Lipinski definition) is 3. The van der Waals surface area contributed by atoms with Crippen molar-refractivity contribution < 1.29 is 4.79 Å². The molecule has 2 aromatic rings. The maximum Gasteiger partial charge on any atom is 0.266 e. The molecule has 1 aliphatic rings. The molecule has 0 saturated carbocycles. The summed E-state index contributed by atoms with van der Waals surface area (Å²) in [6.45, 7) is 1.31. The molecule has 28 heavy (non-hydrogen) atoms. The topological polar surface area (TPSA) is 56.1 Å². The van der Waals surface area contributed by atoms with Crippen molar-refractivity contribution in [3.05, 3.63) is 75.9 Å². The van der Waals surface area contributed by atoms with Crippen molar-refractivity contribution in [1.82, 2.24) is 4.90 Å². The van der Waals surface area contributed by atoms with Crippen LogP contribution in [0.3, 0.4) is 0 Å². The zero-order chi connectivity index (χ0) is 19.9. The van der Waals surface area contributed by atoms with Gasteiger partial charge in [0.05, 0.1) is 15.7 Å². The van der Waals surface area contributed by atoms with E-state index in [-0.39, 0.29) is 11.5 Å². The second kappa shape index (κ2) is 9.64. The van der Waals surface area contributed by atoms with E-state index in [1.807, 2.05) is 12.1 Å². The Hall–Kier alpha value is -2.48. The van der Waals surface area contributed by atoms with E-state index in [2.05, 4.69) is 29.6 Å². The van der Waals surface area contributed by atoms with Gasteiger partial charge in [0.15, 0.2) is 0 Å². The van der Waals surface area contributed by atoms with Crippen LogP contribution in [0.5, 0.6) is 0 Å². The van der Waals surface area contributed by atoms with Crippen LogP contribution in [0.2, 0.25) is 10.0 Å².